The molecular formula is C12H15NO3. The molecule has 16 heavy (non-hydrogen) atoms. The Labute approximate surface area is 93.7 Å². The topological polar surface area (TPSA) is 83.5 Å². The van der Waals surface area contributed by atoms with Crippen LogP contribution in [-0.2, 0) is 16.8 Å². The molecule has 1 aromatic rings. The molecule has 0 bridgehead atoms. The minimum Gasteiger partial charge on any atom is -0.480 e. The number of rotatable bonds is 4. The van der Waals surface area contributed by atoms with Gasteiger partial charge in [0, 0.05) is 0 Å². The van der Waals surface area contributed by atoms with E-state index in [0.29, 0.717) is 6.42 Å². The van der Waals surface area contributed by atoms with Crippen molar-refractivity contribution in [2.45, 2.75) is 30.9 Å². The van der Waals surface area contributed by atoms with Crippen LogP contribution in [0.4, 0.5) is 0 Å². The summed E-state index contributed by atoms with van der Waals surface area (Å²) < 4.78 is 0. The van der Waals surface area contributed by atoms with Crippen LogP contribution in [0.3, 0.4) is 0 Å². The summed E-state index contributed by atoms with van der Waals surface area (Å²) in [6.07, 6.45) is 1.93. The summed E-state index contributed by atoms with van der Waals surface area (Å²) in [5, 5.41) is 18.5. The number of carbonyl (C=O) groups is 1. The van der Waals surface area contributed by atoms with Gasteiger partial charge in [0.05, 0.1) is 5.60 Å². The predicted molar refractivity (Wildman–Crippen MR) is 58.9 cm³/mol. The molecule has 0 radical (unpaired) electrons. The molecule has 1 aromatic carbocycles. The number of nitrogens with two attached hydrogens (primary N) is 1. The molecule has 86 valence electrons. The normalized spacial score (nSPS) is 19.1. The summed E-state index contributed by atoms with van der Waals surface area (Å²) in [6, 6.07) is 6.48. The number of hydrogen-bond acceptors (Lipinski definition) is 3. The van der Waals surface area contributed by atoms with Gasteiger partial charge >= 0.3 is 5.97 Å². The second kappa shape index (κ2) is 3.88. The summed E-state index contributed by atoms with van der Waals surface area (Å²) >= 11 is 0. The van der Waals surface area contributed by atoms with E-state index in [4.69, 9.17) is 10.8 Å². The molecule has 4 heteroatoms. The van der Waals surface area contributed by atoms with Crippen LogP contribution in [0.1, 0.15) is 24.0 Å². The van der Waals surface area contributed by atoms with E-state index in [1.54, 1.807) is 0 Å². The van der Waals surface area contributed by atoms with Crippen LogP contribution in [-0.4, -0.2) is 22.2 Å². The molecule has 1 aliphatic carbocycles. The van der Waals surface area contributed by atoms with Crippen LogP contribution in [0.5, 0.6) is 0 Å². The summed E-state index contributed by atoms with van der Waals surface area (Å²) in [5.74, 6) is -0.995. The van der Waals surface area contributed by atoms with Gasteiger partial charge in [0.2, 0.25) is 0 Å². The zero-order chi connectivity index (χ0) is 11.8. The van der Waals surface area contributed by atoms with E-state index in [1.165, 1.54) is 0 Å². The maximum Gasteiger partial charge on any atom is 0.320 e. The lowest BCUT2D eigenvalue weighted by Gasteiger charge is -2.10. The minimum absolute atomic E-state index is 0.314. The Balaban J connectivity index is 2.05. The van der Waals surface area contributed by atoms with Crippen LogP contribution < -0.4 is 5.73 Å². The molecule has 1 unspecified atom stereocenters. The SMILES string of the molecule is NC(Cc1ccc(C2(O)CC2)cc1)C(=O)O. The van der Waals surface area contributed by atoms with E-state index in [9.17, 15) is 9.90 Å². The summed E-state index contributed by atoms with van der Waals surface area (Å²) in [4.78, 5) is 10.6. The zero-order valence-electron chi connectivity index (χ0n) is 8.89. The summed E-state index contributed by atoms with van der Waals surface area (Å²) in [6.45, 7) is 0. The molecule has 1 atom stereocenters. The van der Waals surface area contributed by atoms with Crippen molar-refractivity contribution in [3.05, 3.63) is 35.4 Å². The Bertz CT molecular complexity index is 395. The Kier molecular flexibility index (Phi) is 2.69. The third kappa shape index (κ3) is 2.23. The Morgan fingerprint density at radius 3 is 2.38 bits per heavy atom. The van der Waals surface area contributed by atoms with Crippen molar-refractivity contribution in [3.8, 4) is 0 Å². The molecule has 4 nitrogen and oxygen atoms in total. The fourth-order valence-corrected chi connectivity index (χ4v) is 1.70. The first-order chi connectivity index (χ1) is 7.51. The van der Waals surface area contributed by atoms with E-state index in [0.717, 1.165) is 24.0 Å². The van der Waals surface area contributed by atoms with Crippen LogP contribution in [0, 0.1) is 0 Å². The highest BCUT2D eigenvalue weighted by Crippen LogP contribution is 2.45. The third-order valence-electron chi connectivity index (χ3n) is 2.99. The highest BCUT2D eigenvalue weighted by molar-refractivity contribution is 5.73. The Morgan fingerprint density at radius 1 is 1.38 bits per heavy atom. The number of aliphatic carboxylic acids is 1. The molecule has 0 aliphatic heterocycles. The molecule has 1 saturated carbocycles. The average molecular weight is 221 g/mol. The largest absolute Gasteiger partial charge is 0.480 e. The summed E-state index contributed by atoms with van der Waals surface area (Å²) in [7, 11) is 0. The highest BCUT2D eigenvalue weighted by atomic mass is 16.4. The van der Waals surface area contributed by atoms with Gasteiger partial charge in [-0.25, -0.2) is 0 Å². The van der Waals surface area contributed by atoms with E-state index in [-0.39, 0.29) is 0 Å². The first-order valence-corrected chi connectivity index (χ1v) is 5.31. The monoisotopic (exact) mass is 221 g/mol. The predicted octanol–water partition coefficient (Wildman–Crippen LogP) is 0.622. The van der Waals surface area contributed by atoms with E-state index in [2.05, 4.69) is 0 Å². The molecule has 0 aromatic heterocycles. The molecule has 1 fully saturated rings. The average Bonchev–Trinajstić information content (AvgIpc) is 2.98. The van der Waals surface area contributed by atoms with Crippen LogP contribution >= 0.6 is 0 Å². The van der Waals surface area contributed by atoms with Gasteiger partial charge in [-0.3, -0.25) is 4.79 Å². The number of carboxylic acid groups (broad SMARTS) is 1. The quantitative estimate of drug-likeness (QED) is 0.696. The fraction of sp³-hybridized carbons (Fsp3) is 0.417. The molecule has 2 rings (SSSR count). The standard InChI is InChI=1S/C12H15NO3/c13-10(11(14)15)7-8-1-3-9(4-2-8)12(16)5-6-12/h1-4,10,16H,5-7,13H2,(H,14,15). The van der Waals surface area contributed by atoms with Crippen molar-refractivity contribution < 1.29 is 15.0 Å². The van der Waals surface area contributed by atoms with Gasteiger partial charge in [0.15, 0.2) is 0 Å². The van der Waals surface area contributed by atoms with Gasteiger partial charge in [-0.1, -0.05) is 24.3 Å². The zero-order valence-corrected chi connectivity index (χ0v) is 8.89. The smallest absolute Gasteiger partial charge is 0.320 e. The molecular weight excluding hydrogens is 206 g/mol. The lowest BCUT2D eigenvalue weighted by atomic mass is 10.0. The second-order valence-electron chi connectivity index (χ2n) is 4.38. The van der Waals surface area contributed by atoms with Crippen LogP contribution in [0.25, 0.3) is 0 Å². The number of carboxylic acids is 1. The van der Waals surface area contributed by atoms with Crippen LogP contribution in [0.2, 0.25) is 0 Å². The van der Waals surface area contributed by atoms with E-state index >= 15 is 0 Å². The van der Waals surface area contributed by atoms with Crippen molar-refractivity contribution >= 4 is 5.97 Å². The van der Waals surface area contributed by atoms with Gasteiger partial charge < -0.3 is 15.9 Å². The molecule has 1 aliphatic rings. The Morgan fingerprint density at radius 2 is 1.94 bits per heavy atom. The molecule has 0 heterocycles. The first-order valence-electron chi connectivity index (χ1n) is 5.31. The molecule has 0 saturated heterocycles. The maximum atomic E-state index is 10.6. The lowest BCUT2D eigenvalue weighted by molar-refractivity contribution is -0.138. The Hall–Kier alpha value is -1.39. The number of hydrogen-bond donors (Lipinski definition) is 3. The maximum absolute atomic E-state index is 10.6. The highest BCUT2D eigenvalue weighted by Gasteiger charge is 2.41. The van der Waals surface area contributed by atoms with Gasteiger partial charge in [0.1, 0.15) is 6.04 Å². The van der Waals surface area contributed by atoms with Crippen molar-refractivity contribution in [2.24, 2.45) is 5.73 Å². The third-order valence-corrected chi connectivity index (χ3v) is 2.99. The summed E-state index contributed by atoms with van der Waals surface area (Å²) in [5.41, 5.74) is 6.58. The van der Waals surface area contributed by atoms with Crippen molar-refractivity contribution in [2.75, 3.05) is 0 Å². The molecule has 4 N–H and O–H groups in total. The van der Waals surface area contributed by atoms with Gasteiger partial charge in [-0.05, 0) is 30.4 Å². The van der Waals surface area contributed by atoms with E-state index < -0.39 is 17.6 Å². The first kappa shape index (κ1) is 11.1. The van der Waals surface area contributed by atoms with Crippen LogP contribution in [0.15, 0.2) is 24.3 Å². The number of benzene rings is 1. The second-order valence-corrected chi connectivity index (χ2v) is 4.38. The molecule has 0 amide bonds. The minimum atomic E-state index is -0.995. The number of aliphatic hydroxyl groups is 1. The lowest BCUT2D eigenvalue weighted by Crippen LogP contribution is -2.32. The van der Waals surface area contributed by atoms with Gasteiger partial charge in [-0.2, -0.15) is 0 Å². The fourth-order valence-electron chi connectivity index (χ4n) is 1.70. The van der Waals surface area contributed by atoms with Crippen molar-refractivity contribution in [3.63, 3.8) is 0 Å². The van der Waals surface area contributed by atoms with Crippen molar-refractivity contribution in [1.82, 2.24) is 0 Å². The van der Waals surface area contributed by atoms with E-state index in [1.807, 2.05) is 24.3 Å². The molecule has 0 spiro atoms. The van der Waals surface area contributed by atoms with Gasteiger partial charge in [0.25, 0.3) is 0 Å². The van der Waals surface area contributed by atoms with Crippen molar-refractivity contribution in [1.29, 1.82) is 0 Å². The van der Waals surface area contributed by atoms with Gasteiger partial charge in [-0.15, -0.1) is 0 Å².